The van der Waals surface area contributed by atoms with E-state index in [1.807, 2.05) is 7.05 Å². The van der Waals surface area contributed by atoms with Crippen molar-refractivity contribution in [3.05, 3.63) is 11.9 Å². The Bertz CT molecular complexity index is 383. The molecule has 2 heterocycles. The Morgan fingerprint density at radius 1 is 1.41 bits per heavy atom. The number of nitrogens with one attached hydrogen (secondary N) is 2. The zero-order valence-electron chi connectivity index (χ0n) is 10.7. The molecule has 2 atom stereocenters. The van der Waals surface area contributed by atoms with Crippen LogP contribution in [-0.2, 0) is 11.2 Å². The summed E-state index contributed by atoms with van der Waals surface area (Å²) in [5, 5.41) is 6.57. The van der Waals surface area contributed by atoms with Gasteiger partial charge in [0.05, 0.1) is 12.1 Å². The van der Waals surface area contributed by atoms with Gasteiger partial charge in [0.15, 0.2) is 0 Å². The Hall–Kier alpha value is -1.36. The van der Waals surface area contributed by atoms with Crippen LogP contribution in [0.1, 0.15) is 25.8 Å². The minimum Gasteiger partial charge on any atom is -0.376 e. The Morgan fingerprint density at radius 2 is 2.18 bits per heavy atom. The summed E-state index contributed by atoms with van der Waals surface area (Å²) < 4.78 is 5.55. The molecule has 17 heavy (non-hydrogen) atoms. The molecule has 1 fully saturated rings. The van der Waals surface area contributed by atoms with Gasteiger partial charge in [-0.2, -0.15) is 0 Å². The van der Waals surface area contributed by atoms with Gasteiger partial charge < -0.3 is 15.4 Å². The second-order valence-corrected chi connectivity index (χ2v) is 4.27. The van der Waals surface area contributed by atoms with Gasteiger partial charge in [0.25, 0.3) is 0 Å². The molecular weight excluding hydrogens is 216 g/mol. The van der Waals surface area contributed by atoms with Crippen molar-refractivity contribution in [3.63, 3.8) is 0 Å². The summed E-state index contributed by atoms with van der Waals surface area (Å²) in [4.78, 5) is 8.57. The topological polar surface area (TPSA) is 59.1 Å². The van der Waals surface area contributed by atoms with E-state index in [-0.39, 0.29) is 6.10 Å². The Morgan fingerprint density at radius 3 is 2.76 bits per heavy atom. The number of aromatic nitrogens is 2. The molecule has 2 N–H and O–H groups in total. The average Bonchev–Trinajstić information content (AvgIpc) is 2.74. The van der Waals surface area contributed by atoms with Gasteiger partial charge in [-0.1, -0.05) is 6.92 Å². The highest BCUT2D eigenvalue weighted by Gasteiger charge is 2.25. The first-order valence-electron chi connectivity index (χ1n) is 6.16. The van der Waals surface area contributed by atoms with Gasteiger partial charge in [-0.3, -0.25) is 0 Å². The second kappa shape index (κ2) is 5.31. The number of nitrogens with zero attached hydrogens (tertiary/aromatic N) is 2. The van der Waals surface area contributed by atoms with E-state index in [0.29, 0.717) is 6.04 Å². The van der Waals surface area contributed by atoms with Crippen LogP contribution in [0.25, 0.3) is 0 Å². The minimum absolute atomic E-state index is 0.243. The van der Waals surface area contributed by atoms with Crippen molar-refractivity contribution in [1.82, 2.24) is 9.97 Å². The van der Waals surface area contributed by atoms with Gasteiger partial charge in [-0.05, 0) is 19.8 Å². The molecule has 0 aliphatic carbocycles. The molecule has 0 aromatic carbocycles. The molecule has 2 unspecified atom stereocenters. The summed E-state index contributed by atoms with van der Waals surface area (Å²) >= 11 is 0. The van der Waals surface area contributed by atoms with E-state index < -0.39 is 0 Å². The Balaban J connectivity index is 2.19. The van der Waals surface area contributed by atoms with Gasteiger partial charge >= 0.3 is 0 Å². The highest BCUT2D eigenvalue weighted by molar-refractivity contribution is 5.57. The van der Waals surface area contributed by atoms with Crippen LogP contribution in [0.5, 0.6) is 0 Å². The summed E-state index contributed by atoms with van der Waals surface area (Å²) in [6.07, 6.45) is 3.77. The lowest BCUT2D eigenvalue weighted by atomic mass is 10.1. The van der Waals surface area contributed by atoms with Crippen molar-refractivity contribution in [2.24, 2.45) is 0 Å². The number of ether oxygens (including phenoxy) is 1. The van der Waals surface area contributed by atoms with Crippen molar-refractivity contribution in [2.45, 2.75) is 38.8 Å². The molecule has 1 aromatic heterocycles. The van der Waals surface area contributed by atoms with Crippen LogP contribution in [0.15, 0.2) is 6.33 Å². The van der Waals surface area contributed by atoms with Crippen LogP contribution in [0.2, 0.25) is 0 Å². The van der Waals surface area contributed by atoms with Gasteiger partial charge in [0.2, 0.25) is 0 Å². The maximum Gasteiger partial charge on any atom is 0.135 e. The molecule has 1 aromatic rings. The van der Waals surface area contributed by atoms with Crippen LogP contribution >= 0.6 is 0 Å². The van der Waals surface area contributed by atoms with E-state index in [9.17, 15) is 0 Å². The van der Waals surface area contributed by atoms with E-state index in [1.165, 1.54) is 0 Å². The van der Waals surface area contributed by atoms with Crippen LogP contribution in [0.3, 0.4) is 0 Å². The molecule has 1 aliphatic heterocycles. The molecule has 2 rings (SSSR count). The monoisotopic (exact) mass is 236 g/mol. The number of rotatable bonds is 4. The third-order valence-electron chi connectivity index (χ3n) is 3.23. The lowest BCUT2D eigenvalue weighted by Crippen LogP contribution is -2.28. The normalized spacial score (nSPS) is 23.7. The zero-order valence-corrected chi connectivity index (χ0v) is 10.7. The fraction of sp³-hybridized carbons (Fsp3) is 0.667. The molecule has 1 saturated heterocycles. The van der Waals surface area contributed by atoms with E-state index >= 15 is 0 Å². The standard InChI is InChI=1S/C12H20N4O/c1-4-9-11(13-3)14-7-15-12(9)16-10-5-6-17-8(10)2/h7-8,10H,4-6H2,1-3H3,(H2,13,14,15,16). The summed E-state index contributed by atoms with van der Waals surface area (Å²) in [7, 11) is 1.88. The van der Waals surface area contributed by atoms with Crippen LogP contribution < -0.4 is 10.6 Å². The smallest absolute Gasteiger partial charge is 0.135 e. The molecule has 94 valence electrons. The van der Waals surface area contributed by atoms with Crippen molar-refractivity contribution in [3.8, 4) is 0 Å². The van der Waals surface area contributed by atoms with Crippen molar-refractivity contribution in [2.75, 3.05) is 24.3 Å². The summed E-state index contributed by atoms with van der Waals surface area (Å²) in [6.45, 7) is 5.03. The minimum atomic E-state index is 0.243. The molecule has 0 amide bonds. The van der Waals surface area contributed by atoms with Crippen LogP contribution in [-0.4, -0.2) is 35.8 Å². The van der Waals surface area contributed by atoms with Crippen LogP contribution in [0.4, 0.5) is 11.6 Å². The highest BCUT2D eigenvalue weighted by Crippen LogP contribution is 2.24. The predicted molar refractivity (Wildman–Crippen MR) is 68.4 cm³/mol. The first-order valence-corrected chi connectivity index (χ1v) is 6.16. The quantitative estimate of drug-likeness (QED) is 0.832. The van der Waals surface area contributed by atoms with Gasteiger partial charge in [-0.25, -0.2) is 9.97 Å². The molecule has 1 aliphatic rings. The van der Waals surface area contributed by atoms with Crippen molar-refractivity contribution >= 4 is 11.6 Å². The van der Waals surface area contributed by atoms with Crippen LogP contribution in [0, 0.1) is 0 Å². The third kappa shape index (κ3) is 2.49. The summed E-state index contributed by atoms with van der Waals surface area (Å²) in [5.41, 5.74) is 1.13. The largest absolute Gasteiger partial charge is 0.376 e. The van der Waals surface area contributed by atoms with E-state index in [1.54, 1.807) is 6.33 Å². The molecular formula is C12H20N4O. The van der Waals surface area contributed by atoms with E-state index in [2.05, 4.69) is 34.4 Å². The van der Waals surface area contributed by atoms with E-state index in [0.717, 1.165) is 36.6 Å². The van der Waals surface area contributed by atoms with Gasteiger partial charge in [-0.15, -0.1) is 0 Å². The van der Waals surface area contributed by atoms with Crippen molar-refractivity contribution in [1.29, 1.82) is 0 Å². The number of hydrogen-bond donors (Lipinski definition) is 2. The molecule has 0 spiro atoms. The number of anilines is 2. The van der Waals surface area contributed by atoms with E-state index in [4.69, 9.17) is 4.74 Å². The second-order valence-electron chi connectivity index (χ2n) is 4.27. The summed E-state index contributed by atoms with van der Waals surface area (Å²) in [5.74, 6) is 1.82. The zero-order chi connectivity index (χ0) is 12.3. The number of hydrogen-bond acceptors (Lipinski definition) is 5. The predicted octanol–water partition coefficient (Wildman–Crippen LogP) is 1.67. The maximum absolute atomic E-state index is 5.55. The lowest BCUT2D eigenvalue weighted by molar-refractivity contribution is 0.121. The van der Waals surface area contributed by atoms with Crippen molar-refractivity contribution < 1.29 is 4.74 Å². The molecule has 0 bridgehead atoms. The van der Waals surface area contributed by atoms with Gasteiger partial charge in [0, 0.05) is 19.2 Å². The first-order chi connectivity index (χ1) is 8.26. The fourth-order valence-electron chi connectivity index (χ4n) is 2.18. The molecule has 0 saturated carbocycles. The Labute approximate surface area is 102 Å². The first kappa shape index (κ1) is 12.1. The maximum atomic E-state index is 5.55. The average molecular weight is 236 g/mol. The fourth-order valence-corrected chi connectivity index (χ4v) is 2.18. The molecule has 5 nitrogen and oxygen atoms in total. The molecule has 5 heteroatoms. The van der Waals surface area contributed by atoms with Gasteiger partial charge in [0.1, 0.15) is 18.0 Å². The Kier molecular flexibility index (Phi) is 3.78. The SMILES string of the molecule is CCc1c(NC)ncnc1NC1CCOC1C. The summed E-state index contributed by atoms with van der Waals surface area (Å²) in [6, 6.07) is 0.347. The molecule has 0 radical (unpaired) electrons. The highest BCUT2D eigenvalue weighted by atomic mass is 16.5. The third-order valence-corrected chi connectivity index (χ3v) is 3.23. The lowest BCUT2D eigenvalue weighted by Gasteiger charge is -2.19.